The van der Waals surface area contributed by atoms with Crippen LogP contribution >= 0.6 is 27.5 Å². The third-order valence-corrected chi connectivity index (χ3v) is 2.94. The average Bonchev–Trinajstić information content (AvgIpc) is 2.27. The van der Waals surface area contributed by atoms with Gasteiger partial charge in [0.1, 0.15) is 5.82 Å². The largest absolute Gasteiger partial charge is 0.339 e. The number of nitrogens with zero attached hydrogens (tertiary/aromatic N) is 2. The molecule has 0 fully saturated rings. The number of aromatic nitrogens is 2. The molecule has 0 spiro atoms. The summed E-state index contributed by atoms with van der Waals surface area (Å²) in [5.74, 6) is 0.715. The molecular weight excluding hydrogens is 289 g/mol. The zero-order valence-electron chi connectivity index (χ0n) is 8.54. The second-order valence-electron chi connectivity index (χ2n) is 3.28. The molecule has 3 nitrogen and oxygen atoms in total. The summed E-state index contributed by atoms with van der Waals surface area (Å²) in [6.07, 6.45) is 1.69. The Kier molecular flexibility index (Phi) is 3.41. The molecule has 1 heterocycles. The van der Waals surface area contributed by atoms with E-state index in [0.29, 0.717) is 5.82 Å². The van der Waals surface area contributed by atoms with E-state index in [1.807, 2.05) is 31.2 Å². The predicted octanol–water partition coefficient (Wildman–Crippen LogP) is 3.94. The molecule has 0 bridgehead atoms. The lowest BCUT2D eigenvalue weighted by molar-refractivity contribution is 1.13. The van der Waals surface area contributed by atoms with Gasteiger partial charge in [0.15, 0.2) is 0 Å². The highest BCUT2D eigenvalue weighted by Crippen LogP contribution is 2.26. The molecule has 0 aliphatic heterocycles. The summed E-state index contributed by atoms with van der Waals surface area (Å²) in [5, 5.41) is 3.44. The molecular formula is C11H9BrClN3. The van der Waals surface area contributed by atoms with Crippen molar-refractivity contribution in [1.82, 2.24) is 9.97 Å². The minimum Gasteiger partial charge on any atom is -0.339 e. The molecule has 0 saturated carbocycles. The van der Waals surface area contributed by atoms with Crippen molar-refractivity contribution in [2.75, 3.05) is 5.32 Å². The summed E-state index contributed by atoms with van der Waals surface area (Å²) in [5.41, 5.74) is 1.89. The van der Waals surface area contributed by atoms with Crippen LogP contribution in [0.4, 0.5) is 11.5 Å². The second kappa shape index (κ2) is 4.80. The fourth-order valence-corrected chi connectivity index (χ4v) is 1.75. The lowest BCUT2D eigenvalue weighted by Crippen LogP contribution is -1.98. The van der Waals surface area contributed by atoms with Crippen LogP contribution in [0.3, 0.4) is 0 Å². The molecule has 82 valence electrons. The maximum absolute atomic E-state index is 5.75. The van der Waals surface area contributed by atoms with Gasteiger partial charge in [-0.2, -0.15) is 0 Å². The standard InChI is InChI=1S/C11H9BrClN3/c1-7-6-14-11(13)16-10(7)15-9-5-3-2-4-8(9)12/h2-6H,1H3,(H,14,15,16). The molecule has 5 heteroatoms. The third-order valence-electron chi connectivity index (χ3n) is 2.07. The Hall–Kier alpha value is -1.13. The summed E-state index contributed by atoms with van der Waals surface area (Å²) in [7, 11) is 0. The number of para-hydroxylation sites is 1. The number of nitrogens with one attached hydrogen (secondary N) is 1. The van der Waals surface area contributed by atoms with Gasteiger partial charge in [0.05, 0.1) is 5.69 Å². The lowest BCUT2D eigenvalue weighted by atomic mass is 10.3. The fraction of sp³-hybridized carbons (Fsp3) is 0.0909. The molecule has 1 aromatic carbocycles. The van der Waals surface area contributed by atoms with Gasteiger partial charge in [-0.15, -0.1) is 0 Å². The highest BCUT2D eigenvalue weighted by molar-refractivity contribution is 9.10. The van der Waals surface area contributed by atoms with Crippen molar-refractivity contribution in [3.05, 3.63) is 45.8 Å². The van der Waals surface area contributed by atoms with Crippen LogP contribution in [0, 0.1) is 6.92 Å². The normalized spacial score (nSPS) is 10.2. The minimum atomic E-state index is 0.236. The minimum absolute atomic E-state index is 0.236. The summed E-state index contributed by atoms with van der Waals surface area (Å²) < 4.78 is 0.976. The van der Waals surface area contributed by atoms with Crippen LogP contribution < -0.4 is 5.32 Å². The zero-order chi connectivity index (χ0) is 11.5. The first-order chi connectivity index (χ1) is 7.66. The van der Waals surface area contributed by atoms with Crippen LogP contribution in [0.15, 0.2) is 34.9 Å². The highest BCUT2D eigenvalue weighted by atomic mass is 79.9. The number of hydrogen-bond donors (Lipinski definition) is 1. The van der Waals surface area contributed by atoms with Gasteiger partial charge in [0.2, 0.25) is 5.28 Å². The van der Waals surface area contributed by atoms with Crippen LogP contribution in [-0.2, 0) is 0 Å². The van der Waals surface area contributed by atoms with E-state index >= 15 is 0 Å². The van der Waals surface area contributed by atoms with E-state index in [2.05, 4.69) is 31.2 Å². The molecule has 0 radical (unpaired) electrons. The first kappa shape index (κ1) is 11.4. The quantitative estimate of drug-likeness (QED) is 0.853. The Bertz CT molecular complexity index is 516. The molecule has 1 N–H and O–H groups in total. The van der Waals surface area contributed by atoms with Crippen molar-refractivity contribution in [1.29, 1.82) is 0 Å². The summed E-state index contributed by atoms with van der Waals surface area (Å²) >= 11 is 9.21. The van der Waals surface area contributed by atoms with Crippen LogP contribution in [0.2, 0.25) is 5.28 Å². The lowest BCUT2D eigenvalue weighted by Gasteiger charge is -2.09. The number of rotatable bonds is 2. The maximum Gasteiger partial charge on any atom is 0.224 e. The maximum atomic E-state index is 5.75. The molecule has 2 aromatic rings. The van der Waals surface area contributed by atoms with Crippen molar-refractivity contribution < 1.29 is 0 Å². The van der Waals surface area contributed by atoms with Crippen molar-refractivity contribution in [2.45, 2.75) is 6.92 Å². The van der Waals surface area contributed by atoms with E-state index in [1.54, 1.807) is 6.20 Å². The number of aryl methyl sites for hydroxylation is 1. The molecule has 0 aliphatic rings. The van der Waals surface area contributed by atoms with Crippen molar-refractivity contribution in [3.8, 4) is 0 Å². The van der Waals surface area contributed by atoms with Crippen LogP contribution in [0.5, 0.6) is 0 Å². The molecule has 0 amide bonds. The van der Waals surface area contributed by atoms with Gasteiger partial charge in [-0.05, 0) is 46.6 Å². The number of benzene rings is 1. The van der Waals surface area contributed by atoms with Crippen LogP contribution in [0.25, 0.3) is 0 Å². The Morgan fingerprint density at radius 2 is 2.06 bits per heavy atom. The van der Waals surface area contributed by atoms with E-state index in [9.17, 15) is 0 Å². The fourth-order valence-electron chi connectivity index (χ4n) is 1.24. The Labute approximate surface area is 107 Å². The molecule has 0 aliphatic carbocycles. The second-order valence-corrected chi connectivity index (χ2v) is 4.47. The van der Waals surface area contributed by atoms with Gasteiger partial charge in [0, 0.05) is 16.2 Å². The van der Waals surface area contributed by atoms with E-state index in [0.717, 1.165) is 15.7 Å². The number of anilines is 2. The Morgan fingerprint density at radius 1 is 1.31 bits per heavy atom. The molecule has 0 saturated heterocycles. The predicted molar refractivity (Wildman–Crippen MR) is 69.2 cm³/mol. The molecule has 1 aromatic heterocycles. The highest BCUT2D eigenvalue weighted by Gasteiger charge is 2.04. The molecule has 2 rings (SSSR count). The SMILES string of the molecule is Cc1cnc(Cl)nc1Nc1ccccc1Br. The van der Waals surface area contributed by atoms with Gasteiger partial charge in [-0.25, -0.2) is 9.97 Å². The topological polar surface area (TPSA) is 37.8 Å². The first-order valence-corrected chi connectivity index (χ1v) is 5.84. The van der Waals surface area contributed by atoms with E-state index in [-0.39, 0.29) is 5.28 Å². The molecule has 16 heavy (non-hydrogen) atoms. The van der Waals surface area contributed by atoms with Gasteiger partial charge in [0.25, 0.3) is 0 Å². The molecule has 0 atom stereocenters. The van der Waals surface area contributed by atoms with Crippen LogP contribution in [-0.4, -0.2) is 9.97 Å². The van der Waals surface area contributed by atoms with E-state index in [1.165, 1.54) is 0 Å². The van der Waals surface area contributed by atoms with Crippen molar-refractivity contribution in [2.24, 2.45) is 0 Å². The van der Waals surface area contributed by atoms with Crippen LogP contribution in [0.1, 0.15) is 5.56 Å². The smallest absolute Gasteiger partial charge is 0.224 e. The summed E-state index contributed by atoms with van der Waals surface area (Å²) in [6, 6.07) is 7.82. The Balaban J connectivity index is 2.34. The van der Waals surface area contributed by atoms with Crippen molar-refractivity contribution in [3.63, 3.8) is 0 Å². The average molecular weight is 299 g/mol. The van der Waals surface area contributed by atoms with Gasteiger partial charge >= 0.3 is 0 Å². The first-order valence-electron chi connectivity index (χ1n) is 4.67. The van der Waals surface area contributed by atoms with E-state index in [4.69, 9.17) is 11.6 Å². The number of hydrogen-bond acceptors (Lipinski definition) is 3. The summed E-state index contributed by atoms with van der Waals surface area (Å²) in [4.78, 5) is 8.04. The monoisotopic (exact) mass is 297 g/mol. The van der Waals surface area contributed by atoms with E-state index < -0.39 is 0 Å². The van der Waals surface area contributed by atoms with Gasteiger partial charge in [-0.3, -0.25) is 0 Å². The van der Waals surface area contributed by atoms with Crippen molar-refractivity contribution >= 4 is 39.0 Å². The Morgan fingerprint density at radius 3 is 2.81 bits per heavy atom. The number of halogens is 2. The van der Waals surface area contributed by atoms with Gasteiger partial charge < -0.3 is 5.32 Å². The molecule has 0 unspecified atom stereocenters. The van der Waals surface area contributed by atoms with Gasteiger partial charge in [-0.1, -0.05) is 12.1 Å². The third kappa shape index (κ3) is 2.51. The zero-order valence-corrected chi connectivity index (χ0v) is 10.9. The summed E-state index contributed by atoms with van der Waals surface area (Å²) in [6.45, 7) is 1.93.